The molecule has 1 atom stereocenters. The van der Waals surface area contributed by atoms with E-state index in [0.717, 1.165) is 57.8 Å². The molecule has 0 aromatic carbocycles. The molecule has 0 rings (SSSR count). The van der Waals surface area contributed by atoms with Gasteiger partial charge in [-0.05, 0) is 51.4 Å². The SMILES string of the molecule is CCCCCCCC/C=C\C/C=C\C/C=C\CCCC(=O)OC[C@H](COC(=O)CCCCCCCCCCCCCCCCC)OC(=O)CCCCCCCCCCCCCCCCC. The zero-order chi connectivity index (χ0) is 47.2. The third kappa shape index (κ3) is 52.5. The van der Waals surface area contributed by atoms with Crippen LogP contribution in [-0.4, -0.2) is 37.2 Å². The van der Waals surface area contributed by atoms with Crippen molar-refractivity contribution in [1.29, 1.82) is 0 Å². The second kappa shape index (κ2) is 54.2. The summed E-state index contributed by atoms with van der Waals surface area (Å²) in [5.41, 5.74) is 0. The first-order valence-corrected chi connectivity index (χ1v) is 28.5. The average molecular weight is 914 g/mol. The lowest BCUT2D eigenvalue weighted by Gasteiger charge is -2.18. The van der Waals surface area contributed by atoms with Crippen molar-refractivity contribution in [2.45, 2.75) is 309 Å². The van der Waals surface area contributed by atoms with Crippen molar-refractivity contribution in [3.63, 3.8) is 0 Å². The Bertz CT molecular complexity index is 1090. The van der Waals surface area contributed by atoms with Gasteiger partial charge in [-0.3, -0.25) is 14.4 Å². The maximum absolute atomic E-state index is 12.8. The van der Waals surface area contributed by atoms with E-state index in [9.17, 15) is 14.4 Å². The number of rotatable bonds is 52. The third-order valence-electron chi connectivity index (χ3n) is 12.6. The van der Waals surface area contributed by atoms with E-state index in [2.05, 4.69) is 57.2 Å². The number of hydrogen-bond acceptors (Lipinski definition) is 6. The van der Waals surface area contributed by atoms with Crippen LogP contribution in [-0.2, 0) is 28.6 Å². The molecule has 0 fully saturated rings. The quantitative estimate of drug-likeness (QED) is 0.0262. The summed E-state index contributed by atoms with van der Waals surface area (Å²) in [7, 11) is 0. The van der Waals surface area contributed by atoms with Crippen LogP contribution in [0.2, 0.25) is 0 Å². The molecule has 0 aromatic heterocycles. The van der Waals surface area contributed by atoms with Gasteiger partial charge in [0.1, 0.15) is 13.2 Å². The number of carbonyl (C=O) groups excluding carboxylic acids is 3. The Balaban J connectivity index is 4.41. The molecular formula is C59H108O6. The second-order valence-corrected chi connectivity index (χ2v) is 19.2. The molecule has 0 bridgehead atoms. The van der Waals surface area contributed by atoms with Gasteiger partial charge < -0.3 is 14.2 Å². The average Bonchev–Trinajstić information content (AvgIpc) is 3.30. The van der Waals surface area contributed by atoms with Crippen LogP contribution >= 0.6 is 0 Å². The molecule has 0 unspecified atom stereocenters. The number of unbranched alkanes of at least 4 members (excludes halogenated alkanes) is 35. The van der Waals surface area contributed by atoms with Crippen molar-refractivity contribution in [2.75, 3.05) is 13.2 Å². The Morgan fingerprint density at radius 2 is 0.569 bits per heavy atom. The summed E-state index contributed by atoms with van der Waals surface area (Å²) >= 11 is 0. The van der Waals surface area contributed by atoms with Gasteiger partial charge in [-0.1, -0.05) is 269 Å². The van der Waals surface area contributed by atoms with E-state index in [-0.39, 0.29) is 31.1 Å². The van der Waals surface area contributed by atoms with E-state index in [1.165, 1.54) is 199 Å². The Morgan fingerprint density at radius 1 is 0.308 bits per heavy atom. The van der Waals surface area contributed by atoms with Crippen LogP contribution in [0.25, 0.3) is 0 Å². The zero-order valence-electron chi connectivity index (χ0n) is 43.5. The molecule has 0 saturated heterocycles. The highest BCUT2D eigenvalue weighted by Crippen LogP contribution is 2.16. The molecule has 0 saturated carbocycles. The minimum absolute atomic E-state index is 0.0827. The summed E-state index contributed by atoms with van der Waals surface area (Å²) in [6.45, 7) is 6.63. The monoisotopic (exact) mass is 913 g/mol. The first-order chi connectivity index (χ1) is 32.0. The second-order valence-electron chi connectivity index (χ2n) is 19.2. The fourth-order valence-corrected chi connectivity index (χ4v) is 8.34. The molecular weight excluding hydrogens is 805 g/mol. The summed E-state index contributed by atoms with van der Waals surface area (Å²) in [6.07, 6.45) is 64.2. The van der Waals surface area contributed by atoms with Gasteiger partial charge in [0.15, 0.2) is 6.10 Å². The van der Waals surface area contributed by atoms with Gasteiger partial charge in [-0.15, -0.1) is 0 Å². The van der Waals surface area contributed by atoms with Crippen molar-refractivity contribution in [2.24, 2.45) is 0 Å². The topological polar surface area (TPSA) is 78.9 Å². The van der Waals surface area contributed by atoms with Gasteiger partial charge in [0.05, 0.1) is 0 Å². The molecule has 0 aliphatic heterocycles. The van der Waals surface area contributed by atoms with Crippen LogP contribution in [0.5, 0.6) is 0 Å². The highest BCUT2D eigenvalue weighted by atomic mass is 16.6. The Hall–Kier alpha value is -2.37. The molecule has 6 nitrogen and oxygen atoms in total. The molecule has 6 heteroatoms. The Labute approximate surface area is 404 Å². The Morgan fingerprint density at radius 3 is 0.923 bits per heavy atom. The molecule has 0 aliphatic carbocycles. The van der Waals surface area contributed by atoms with Crippen molar-refractivity contribution in [3.05, 3.63) is 36.5 Å². The summed E-state index contributed by atoms with van der Waals surface area (Å²) in [5, 5.41) is 0. The summed E-state index contributed by atoms with van der Waals surface area (Å²) in [4.78, 5) is 38.1. The molecule has 380 valence electrons. The molecule has 0 amide bonds. The molecule has 0 spiro atoms. The summed E-state index contributed by atoms with van der Waals surface area (Å²) in [5.74, 6) is -0.919. The fourth-order valence-electron chi connectivity index (χ4n) is 8.34. The highest BCUT2D eigenvalue weighted by Gasteiger charge is 2.19. The van der Waals surface area contributed by atoms with Gasteiger partial charge in [0.25, 0.3) is 0 Å². The van der Waals surface area contributed by atoms with E-state index in [4.69, 9.17) is 14.2 Å². The third-order valence-corrected chi connectivity index (χ3v) is 12.6. The highest BCUT2D eigenvalue weighted by molar-refractivity contribution is 5.71. The Kier molecular flexibility index (Phi) is 52.3. The smallest absolute Gasteiger partial charge is 0.306 e. The van der Waals surface area contributed by atoms with Crippen molar-refractivity contribution in [3.8, 4) is 0 Å². The van der Waals surface area contributed by atoms with Gasteiger partial charge in [0.2, 0.25) is 0 Å². The number of hydrogen-bond donors (Lipinski definition) is 0. The number of carbonyl (C=O) groups is 3. The standard InChI is InChI=1S/C59H108O6/c1-4-7-10-13-16-19-22-25-28-29-32-34-37-40-43-46-49-52-58(61)64-55-56(65-59(62)53-50-47-44-41-38-35-31-27-24-21-18-15-12-9-6-3)54-63-57(60)51-48-45-42-39-36-33-30-26-23-20-17-14-11-8-5-2/h25,28,32,34,40,43,56H,4-24,26-27,29-31,33,35-39,41-42,44-55H2,1-3H3/b28-25-,34-32-,43-40-/t56-/m0/s1. The normalized spacial score (nSPS) is 12.2. The first kappa shape index (κ1) is 62.6. The van der Waals surface area contributed by atoms with Gasteiger partial charge in [-0.2, -0.15) is 0 Å². The van der Waals surface area contributed by atoms with Crippen LogP contribution in [0.3, 0.4) is 0 Å². The molecule has 0 radical (unpaired) electrons. The molecule has 65 heavy (non-hydrogen) atoms. The largest absolute Gasteiger partial charge is 0.462 e. The number of esters is 3. The van der Waals surface area contributed by atoms with E-state index in [0.29, 0.717) is 25.7 Å². The maximum Gasteiger partial charge on any atom is 0.306 e. The minimum Gasteiger partial charge on any atom is -0.462 e. The zero-order valence-corrected chi connectivity index (χ0v) is 43.5. The number of ether oxygens (including phenoxy) is 3. The predicted molar refractivity (Wildman–Crippen MR) is 279 cm³/mol. The maximum atomic E-state index is 12.8. The van der Waals surface area contributed by atoms with Gasteiger partial charge >= 0.3 is 17.9 Å². The van der Waals surface area contributed by atoms with E-state index in [1.807, 2.05) is 0 Å². The minimum atomic E-state index is -0.787. The van der Waals surface area contributed by atoms with Crippen molar-refractivity contribution < 1.29 is 28.6 Å². The van der Waals surface area contributed by atoms with Crippen LogP contribution in [0.15, 0.2) is 36.5 Å². The lowest BCUT2D eigenvalue weighted by atomic mass is 10.0. The first-order valence-electron chi connectivity index (χ1n) is 28.5. The van der Waals surface area contributed by atoms with Gasteiger partial charge in [-0.25, -0.2) is 0 Å². The van der Waals surface area contributed by atoms with E-state index in [1.54, 1.807) is 0 Å². The molecule has 0 aliphatic rings. The van der Waals surface area contributed by atoms with Crippen LogP contribution in [0, 0.1) is 0 Å². The van der Waals surface area contributed by atoms with Crippen molar-refractivity contribution in [1.82, 2.24) is 0 Å². The number of allylic oxidation sites excluding steroid dienone is 6. The lowest BCUT2D eigenvalue weighted by Crippen LogP contribution is -2.30. The fraction of sp³-hybridized carbons (Fsp3) is 0.847. The van der Waals surface area contributed by atoms with Crippen LogP contribution < -0.4 is 0 Å². The van der Waals surface area contributed by atoms with E-state index < -0.39 is 6.10 Å². The molecule has 0 aromatic rings. The molecule has 0 N–H and O–H groups in total. The van der Waals surface area contributed by atoms with E-state index >= 15 is 0 Å². The van der Waals surface area contributed by atoms with Crippen LogP contribution in [0.4, 0.5) is 0 Å². The van der Waals surface area contributed by atoms with Gasteiger partial charge in [0, 0.05) is 19.3 Å². The summed E-state index contributed by atoms with van der Waals surface area (Å²) in [6, 6.07) is 0. The summed E-state index contributed by atoms with van der Waals surface area (Å²) < 4.78 is 16.8. The lowest BCUT2D eigenvalue weighted by molar-refractivity contribution is -0.167. The molecule has 0 heterocycles. The van der Waals surface area contributed by atoms with Crippen molar-refractivity contribution >= 4 is 17.9 Å². The van der Waals surface area contributed by atoms with Crippen LogP contribution in [0.1, 0.15) is 303 Å². The predicted octanol–water partition coefficient (Wildman–Crippen LogP) is 18.9.